The molecule has 5 heteroatoms. The minimum absolute atomic E-state index is 0.00939. The maximum Gasteiger partial charge on any atom is 0.261 e. The summed E-state index contributed by atoms with van der Waals surface area (Å²) in [7, 11) is 1.73. The highest BCUT2D eigenvalue weighted by atomic mass is 16.5. The maximum atomic E-state index is 13.4. The maximum absolute atomic E-state index is 13.4. The molecule has 1 unspecified atom stereocenters. The molecule has 1 amide bonds. The number of nitrogens with zero attached hydrogens (tertiary/aromatic N) is 2. The highest BCUT2D eigenvalue weighted by Gasteiger charge is 2.56. The molecule has 2 N–H and O–H groups in total. The zero-order valence-electron chi connectivity index (χ0n) is 15.9. The average molecular weight is 365 g/mol. The predicted molar refractivity (Wildman–Crippen MR) is 105 cm³/mol. The van der Waals surface area contributed by atoms with Crippen LogP contribution in [-0.2, 0) is 21.5 Å². The van der Waals surface area contributed by atoms with E-state index in [0.29, 0.717) is 5.96 Å². The molecule has 2 heterocycles. The first-order valence-corrected chi connectivity index (χ1v) is 10.0. The van der Waals surface area contributed by atoms with Crippen molar-refractivity contribution < 1.29 is 9.53 Å². The lowest BCUT2D eigenvalue weighted by Crippen LogP contribution is -2.49. The number of rotatable bonds is 2. The first-order chi connectivity index (χ1) is 13.0. The van der Waals surface area contributed by atoms with Crippen LogP contribution in [0.3, 0.4) is 0 Å². The highest BCUT2D eigenvalue weighted by Crippen LogP contribution is 2.53. The van der Waals surface area contributed by atoms with E-state index >= 15 is 0 Å². The Hall–Kier alpha value is -2.14. The highest BCUT2D eigenvalue weighted by molar-refractivity contribution is 6.07. The fourth-order valence-corrected chi connectivity index (χ4v) is 5.03. The van der Waals surface area contributed by atoms with Gasteiger partial charge in [-0.3, -0.25) is 9.69 Å². The molecule has 2 aliphatic carbocycles. The van der Waals surface area contributed by atoms with E-state index in [2.05, 4.69) is 30.4 Å². The Morgan fingerprint density at radius 1 is 1.30 bits per heavy atom. The molecule has 1 aromatic carbocycles. The number of likely N-dealkylation sites (N-methyl/N-ethyl adjacent to an activating group) is 1. The summed E-state index contributed by atoms with van der Waals surface area (Å²) in [5, 5.41) is 0. The van der Waals surface area contributed by atoms with Gasteiger partial charge in [0.1, 0.15) is 0 Å². The minimum Gasteiger partial charge on any atom is -0.381 e. The predicted octanol–water partition coefficient (Wildman–Crippen LogP) is 2.83. The van der Waals surface area contributed by atoms with Gasteiger partial charge in [0.25, 0.3) is 5.91 Å². The average Bonchev–Trinajstić information content (AvgIpc) is 3.47. The zero-order valence-corrected chi connectivity index (χ0v) is 15.9. The van der Waals surface area contributed by atoms with E-state index in [1.54, 1.807) is 7.05 Å². The summed E-state index contributed by atoms with van der Waals surface area (Å²) >= 11 is 0. The van der Waals surface area contributed by atoms with Gasteiger partial charge in [-0.1, -0.05) is 24.3 Å². The molecule has 1 saturated carbocycles. The van der Waals surface area contributed by atoms with Crippen molar-refractivity contribution in [2.24, 2.45) is 22.1 Å². The smallest absolute Gasteiger partial charge is 0.261 e. The fraction of sp³-hybridized carbons (Fsp3) is 0.545. The Morgan fingerprint density at radius 3 is 2.74 bits per heavy atom. The topological polar surface area (TPSA) is 67.9 Å². The van der Waals surface area contributed by atoms with Gasteiger partial charge in [-0.25, -0.2) is 4.99 Å². The van der Waals surface area contributed by atoms with Crippen molar-refractivity contribution in [3.63, 3.8) is 0 Å². The van der Waals surface area contributed by atoms with E-state index in [9.17, 15) is 4.79 Å². The van der Waals surface area contributed by atoms with Crippen LogP contribution in [-0.4, -0.2) is 37.0 Å². The standard InChI is InChI=1S/C22H27N3O2/c1-25-19(26)22(24-20(25)23)14-21(8-10-27-11-9-21)13-17-7-6-16(12-18(17)22)5-4-15-2-3-15/h4-7,12,15H,2-3,8-11,13-14H2,1H3,(H2,23,24). The van der Waals surface area contributed by atoms with E-state index in [-0.39, 0.29) is 11.3 Å². The third-order valence-corrected chi connectivity index (χ3v) is 6.82. The van der Waals surface area contributed by atoms with Crippen LogP contribution in [0.15, 0.2) is 29.3 Å². The van der Waals surface area contributed by atoms with E-state index in [4.69, 9.17) is 15.5 Å². The third-order valence-electron chi connectivity index (χ3n) is 6.82. The van der Waals surface area contributed by atoms with E-state index < -0.39 is 5.54 Å². The van der Waals surface area contributed by atoms with Crippen LogP contribution < -0.4 is 5.73 Å². The van der Waals surface area contributed by atoms with Gasteiger partial charge in [-0.2, -0.15) is 0 Å². The number of ether oxygens (including phenoxy) is 1. The molecule has 1 aromatic rings. The summed E-state index contributed by atoms with van der Waals surface area (Å²) in [5.41, 5.74) is 8.76. The molecule has 27 heavy (non-hydrogen) atoms. The Labute approximate surface area is 160 Å². The minimum atomic E-state index is -0.868. The van der Waals surface area contributed by atoms with Gasteiger partial charge in [-0.05, 0) is 72.6 Å². The number of hydrogen-bond acceptors (Lipinski definition) is 4. The molecule has 5 nitrogen and oxygen atoms in total. The van der Waals surface area contributed by atoms with E-state index in [0.717, 1.165) is 55.9 Å². The third kappa shape index (κ3) is 2.71. The van der Waals surface area contributed by atoms with Crippen molar-refractivity contribution >= 4 is 17.9 Å². The second-order valence-corrected chi connectivity index (χ2v) is 8.77. The van der Waals surface area contributed by atoms with Crippen LogP contribution >= 0.6 is 0 Å². The van der Waals surface area contributed by atoms with Crippen molar-refractivity contribution in [2.75, 3.05) is 20.3 Å². The summed E-state index contributed by atoms with van der Waals surface area (Å²) in [4.78, 5) is 19.7. The summed E-state index contributed by atoms with van der Waals surface area (Å²) in [6.45, 7) is 1.52. The largest absolute Gasteiger partial charge is 0.381 e. The molecule has 142 valence electrons. The SMILES string of the molecule is CN1C(=O)C2(CC3(CCOCC3)Cc3ccc(C=CC4CC4)cc32)N=C1N. The first-order valence-electron chi connectivity index (χ1n) is 10.0. The second kappa shape index (κ2) is 5.93. The number of carbonyl (C=O) groups is 1. The van der Waals surface area contributed by atoms with Crippen LogP contribution in [0.4, 0.5) is 0 Å². The van der Waals surface area contributed by atoms with Crippen LogP contribution in [0.25, 0.3) is 6.08 Å². The molecule has 0 aromatic heterocycles. The van der Waals surface area contributed by atoms with Crippen LogP contribution in [0, 0.1) is 11.3 Å². The number of allylic oxidation sites excluding steroid dienone is 1. The molecule has 2 fully saturated rings. The van der Waals surface area contributed by atoms with Gasteiger partial charge in [-0.15, -0.1) is 0 Å². The normalized spacial score (nSPS) is 29.6. The number of carbonyl (C=O) groups excluding carboxylic acids is 1. The second-order valence-electron chi connectivity index (χ2n) is 8.77. The number of guanidine groups is 1. The quantitative estimate of drug-likeness (QED) is 0.876. The number of hydrogen-bond donors (Lipinski definition) is 1. The lowest BCUT2D eigenvalue weighted by Gasteiger charge is -2.47. The summed E-state index contributed by atoms with van der Waals surface area (Å²) in [6, 6.07) is 6.56. The summed E-state index contributed by atoms with van der Waals surface area (Å²) < 4.78 is 5.62. The van der Waals surface area contributed by atoms with Gasteiger partial charge in [0.15, 0.2) is 11.5 Å². The Balaban J connectivity index is 1.62. The van der Waals surface area contributed by atoms with Gasteiger partial charge in [0.05, 0.1) is 0 Å². The van der Waals surface area contributed by atoms with Crippen molar-refractivity contribution in [3.05, 3.63) is 41.0 Å². The van der Waals surface area contributed by atoms with Crippen molar-refractivity contribution in [1.82, 2.24) is 4.90 Å². The molecule has 0 bridgehead atoms. The van der Waals surface area contributed by atoms with E-state index in [1.165, 1.54) is 23.3 Å². The van der Waals surface area contributed by atoms with Crippen molar-refractivity contribution in [1.29, 1.82) is 0 Å². The number of aliphatic imine (C=N–C) groups is 1. The first kappa shape index (κ1) is 17.0. The molecule has 2 aliphatic heterocycles. The lowest BCUT2D eigenvalue weighted by atomic mass is 9.60. The molecule has 0 radical (unpaired) electrons. The number of nitrogens with two attached hydrogens (primary N) is 1. The van der Waals surface area contributed by atoms with Crippen LogP contribution in [0.1, 0.15) is 48.8 Å². The number of amides is 1. The Morgan fingerprint density at radius 2 is 2.07 bits per heavy atom. The molecule has 4 aliphatic rings. The Bertz CT molecular complexity index is 849. The van der Waals surface area contributed by atoms with Crippen molar-refractivity contribution in [3.8, 4) is 0 Å². The van der Waals surface area contributed by atoms with Gasteiger partial charge < -0.3 is 10.5 Å². The summed E-state index contributed by atoms with van der Waals surface area (Å²) in [6.07, 6.45) is 10.7. The van der Waals surface area contributed by atoms with Crippen LogP contribution in [0.5, 0.6) is 0 Å². The van der Waals surface area contributed by atoms with Crippen LogP contribution in [0.2, 0.25) is 0 Å². The molecule has 5 rings (SSSR count). The fourth-order valence-electron chi connectivity index (χ4n) is 5.03. The monoisotopic (exact) mass is 365 g/mol. The zero-order chi connectivity index (χ0) is 18.6. The number of fused-ring (bicyclic) bond motifs is 2. The van der Waals surface area contributed by atoms with Gasteiger partial charge in [0, 0.05) is 20.3 Å². The summed E-state index contributed by atoms with van der Waals surface area (Å²) in [5.74, 6) is 1.07. The molecule has 1 saturated heterocycles. The molecular weight excluding hydrogens is 338 g/mol. The van der Waals surface area contributed by atoms with Gasteiger partial charge in [0.2, 0.25) is 0 Å². The van der Waals surface area contributed by atoms with E-state index in [1.807, 2.05) is 0 Å². The lowest BCUT2D eigenvalue weighted by molar-refractivity contribution is -0.133. The van der Waals surface area contributed by atoms with Gasteiger partial charge >= 0.3 is 0 Å². The molecule has 2 spiro atoms. The van der Waals surface area contributed by atoms with Crippen molar-refractivity contribution in [2.45, 2.75) is 44.1 Å². The number of benzene rings is 1. The molecule has 1 atom stereocenters. The molecular formula is C22H27N3O2. The Kier molecular flexibility index (Phi) is 3.73.